The molecule has 2 heterocycles. The summed E-state index contributed by atoms with van der Waals surface area (Å²) in [5, 5.41) is 7.12. The Morgan fingerprint density at radius 3 is 2.27 bits per heavy atom. The maximum atomic E-state index is 14.2. The van der Waals surface area contributed by atoms with E-state index in [2.05, 4.69) is 4.98 Å². The predicted octanol–water partition coefficient (Wildman–Crippen LogP) is 3.99. The Hall–Kier alpha value is -3.90. The third kappa shape index (κ3) is 9.24. The summed E-state index contributed by atoms with van der Waals surface area (Å²) in [4.78, 5) is 41.6. The van der Waals surface area contributed by atoms with Gasteiger partial charge in [-0.3, -0.25) is 9.78 Å². The number of pyridine rings is 1. The number of amides is 2. The van der Waals surface area contributed by atoms with Crippen molar-refractivity contribution in [1.82, 2.24) is 14.8 Å². The number of halogens is 4. The molecule has 2 amide bonds. The summed E-state index contributed by atoms with van der Waals surface area (Å²) in [6, 6.07) is 8.89. The summed E-state index contributed by atoms with van der Waals surface area (Å²) >= 11 is 0. The molecule has 9 nitrogen and oxygen atoms in total. The maximum Gasteiger partial charge on any atom is 0.490 e. The number of benzene rings is 1. The summed E-state index contributed by atoms with van der Waals surface area (Å²) in [7, 11) is 0. The number of hydrogen-bond donors (Lipinski definition) is 1. The van der Waals surface area contributed by atoms with Gasteiger partial charge in [0.2, 0.25) is 0 Å². The van der Waals surface area contributed by atoms with Crippen LogP contribution in [0.2, 0.25) is 0 Å². The van der Waals surface area contributed by atoms with Gasteiger partial charge in [0.25, 0.3) is 5.91 Å². The molecular formula is C24H27F4N3O6. The lowest BCUT2D eigenvalue weighted by Gasteiger charge is -2.41. The van der Waals surface area contributed by atoms with E-state index in [1.54, 1.807) is 61.2 Å². The van der Waals surface area contributed by atoms with Crippen LogP contribution in [0.1, 0.15) is 31.1 Å². The van der Waals surface area contributed by atoms with Crippen LogP contribution in [0.25, 0.3) is 0 Å². The van der Waals surface area contributed by atoms with Gasteiger partial charge in [0, 0.05) is 25.8 Å². The van der Waals surface area contributed by atoms with Crippen molar-refractivity contribution >= 4 is 18.0 Å². The third-order valence-corrected chi connectivity index (χ3v) is 4.82. The number of aliphatic carboxylic acids is 1. The van der Waals surface area contributed by atoms with Crippen LogP contribution in [0, 0.1) is 5.82 Å². The molecule has 0 bridgehead atoms. The molecule has 0 radical (unpaired) electrons. The number of alkyl halides is 3. The van der Waals surface area contributed by atoms with Crippen LogP contribution in [0.15, 0.2) is 48.8 Å². The second kappa shape index (κ2) is 12.4. The second-order valence-electron chi connectivity index (χ2n) is 8.86. The molecule has 1 N–H and O–H groups in total. The van der Waals surface area contributed by atoms with Gasteiger partial charge >= 0.3 is 18.2 Å². The van der Waals surface area contributed by atoms with E-state index in [9.17, 15) is 27.2 Å². The van der Waals surface area contributed by atoms with Crippen molar-refractivity contribution in [3.8, 4) is 5.75 Å². The molecule has 1 aromatic carbocycles. The zero-order valence-corrected chi connectivity index (χ0v) is 20.4. The van der Waals surface area contributed by atoms with Gasteiger partial charge in [0.05, 0.1) is 17.8 Å². The average Bonchev–Trinajstić information content (AvgIpc) is 2.82. The van der Waals surface area contributed by atoms with Gasteiger partial charge in [-0.2, -0.15) is 13.2 Å². The number of aromatic nitrogens is 1. The number of rotatable bonds is 4. The van der Waals surface area contributed by atoms with E-state index in [0.29, 0.717) is 12.3 Å². The van der Waals surface area contributed by atoms with Gasteiger partial charge in [0.1, 0.15) is 23.8 Å². The van der Waals surface area contributed by atoms with Crippen LogP contribution >= 0.6 is 0 Å². The summed E-state index contributed by atoms with van der Waals surface area (Å²) in [6.07, 6.45) is -2.34. The smallest absolute Gasteiger partial charge is 0.490 e. The molecule has 0 aliphatic carbocycles. The van der Waals surface area contributed by atoms with Crippen molar-refractivity contribution in [2.75, 3.05) is 26.2 Å². The van der Waals surface area contributed by atoms with Crippen LogP contribution in [0.3, 0.4) is 0 Å². The van der Waals surface area contributed by atoms with Gasteiger partial charge in [-0.15, -0.1) is 0 Å². The van der Waals surface area contributed by atoms with Gasteiger partial charge in [-0.05, 0) is 45.0 Å². The van der Waals surface area contributed by atoms with E-state index in [1.165, 1.54) is 18.2 Å². The molecule has 202 valence electrons. The molecular weight excluding hydrogens is 502 g/mol. The molecule has 1 saturated heterocycles. The monoisotopic (exact) mass is 529 g/mol. The number of carbonyl (C=O) groups is 3. The van der Waals surface area contributed by atoms with Crippen molar-refractivity contribution in [2.45, 2.75) is 38.6 Å². The highest BCUT2D eigenvalue weighted by Crippen LogP contribution is 2.20. The number of piperazine rings is 1. The van der Waals surface area contributed by atoms with Crippen LogP contribution in [-0.4, -0.2) is 81.9 Å². The molecule has 1 aliphatic heterocycles. The molecule has 1 aromatic heterocycles. The van der Waals surface area contributed by atoms with Crippen LogP contribution in [0.5, 0.6) is 5.75 Å². The first kappa shape index (κ1) is 29.3. The first-order valence-electron chi connectivity index (χ1n) is 11.1. The fourth-order valence-corrected chi connectivity index (χ4v) is 3.17. The first-order valence-corrected chi connectivity index (χ1v) is 11.1. The predicted molar refractivity (Wildman–Crippen MR) is 122 cm³/mol. The zero-order chi connectivity index (χ0) is 27.8. The van der Waals surface area contributed by atoms with Gasteiger partial charge in [0.15, 0.2) is 0 Å². The molecule has 2 aromatic rings. The Bertz CT molecular complexity index is 1080. The molecule has 37 heavy (non-hydrogen) atoms. The molecule has 13 heteroatoms. The molecule has 1 aliphatic rings. The molecule has 1 atom stereocenters. The maximum absolute atomic E-state index is 14.2. The van der Waals surface area contributed by atoms with E-state index in [0.717, 1.165) is 0 Å². The number of nitrogens with zero attached hydrogens (tertiary/aromatic N) is 3. The van der Waals surface area contributed by atoms with E-state index >= 15 is 0 Å². The minimum Gasteiger partial charge on any atom is -0.490 e. The van der Waals surface area contributed by atoms with E-state index in [-0.39, 0.29) is 25.3 Å². The van der Waals surface area contributed by atoms with Crippen molar-refractivity contribution in [3.05, 3.63) is 60.2 Å². The highest BCUT2D eigenvalue weighted by atomic mass is 19.4. The van der Waals surface area contributed by atoms with E-state index in [1.807, 2.05) is 0 Å². The van der Waals surface area contributed by atoms with Crippen molar-refractivity contribution in [2.24, 2.45) is 0 Å². The zero-order valence-electron chi connectivity index (χ0n) is 20.4. The summed E-state index contributed by atoms with van der Waals surface area (Å²) in [5.41, 5.74) is -0.631. The number of carboxylic acid groups (broad SMARTS) is 1. The normalized spacial score (nSPS) is 15.8. The van der Waals surface area contributed by atoms with Gasteiger partial charge in [-0.25, -0.2) is 14.0 Å². The Labute approximate surface area is 210 Å². The number of ether oxygens (including phenoxy) is 2. The number of carboxylic acids is 1. The molecule has 0 saturated carbocycles. The first-order chi connectivity index (χ1) is 17.2. The lowest BCUT2D eigenvalue weighted by Crippen LogP contribution is -2.59. The Balaban J connectivity index is 0.000000604. The Morgan fingerprint density at radius 1 is 1.08 bits per heavy atom. The second-order valence-corrected chi connectivity index (χ2v) is 8.86. The van der Waals surface area contributed by atoms with Crippen LogP contribution < -0.4 is 4.74 Å². The fraction of sp³-hybridized carbons (Fsp3) is 0.417. The lowest BCUT2D eigenvalue weighted by molar-refractivity contribution is -0.192. The van der Waals surface area contributed by atoms with Crippen LogP contribution in [0.4, 0.5) is 22.4 Å². The minimum atomic E-state index is -5.08. The summed E-state index contributed by atoms with van der Waals surface area (Å²) in [5.74, 6) is -3.22. The highest BCUT2D eigenvalue weighted by Gasteiger charge is 2.38. The minimum absolute atomic E-state index is 0.00500. The van der Waals surface area contributed by atoms with Crippen molar-refractivity contribution < 1.29 is 46.5 Å². The molecule has 1 unspecified atom stereocenters. The van der Waals surface area contributed by atoms with Crippen LogP contribution in [-0.2, 0) is 9.53 Å². The standard InChI is InChI=1S/C22H26FN3O4.C2HF3O2/c1-22(2,3)30-21(28)25-11-12-26(20(27)18-8-4-5-9-19(18)23)16(14-25)15-29-17-7-6-10-24-13-17;3-2(4,5)1(6)7/h4-10,13,16H,11-12,14-15H2,1-3H3;(H,6,7). The number of hydrogen-bond acceptors (Lipinski definition) is 6. The molecule has 3 rings (SSSR count). The fourth-order valence-electron chi connectivity index (χ4n) is 3.17. The summed E-state index contributed by atoms with van der Waals surface area (Å²) < 4.78 is 57.2. The van der Waals surface area contributed by atoms with Crippen molar-refractivity contribution in [3.63, 3.8) is 0 Å². The Morgan fingerprint density at radius 2 is 1.73 bits per heavy atom. The largest absolute Gasteiger partial charge is 0.490 e. The third-order valence-electron chi connectivity index (χ3n) is 4.82. The van der Waals surface area contributed by atoms with Gasteiger partial charge in [-0.1, -0.05) is 12.1 Å². The van der Waals surface area contributed by atoms with E-state index < -0.39 is 41.6 Å². The quantitative estimate of drug-likeness (QED) is 0.597. The average molecular weight is 529 g/mol. The van der Waals surface area contributed by atoms with Crippen molar-refractivity contribution in [1.29, 1.82) is 0 Å². The van der Waals surface area contributed by atoms with Gasteiger partial charge < -0.3 is 24.4 Å². The highest BCUT2D eigenvalue weighted by molar-refractivity contribution is 5.95. The SMILES string of the molecule is CC(C)(C)OC(=O)N1CCN(C(=O)c2ccccc2F)C(COc2cccnc2)C1.O=C(O)C(F)(F)F. The molecule has 1 fully saturated rings. The molecule has 0 spiro atoms. The number of carbonyl (C=O) groups excluding carboxylic acids is 2. The topological polar surface area (TPSA) is 109 Å². The van der Waals surface area contributed by atoms with E-state index in [4.69, 9.17) is 19.4 Å². The lowest BCUT2D eigenvalue weighted by atomic mass is 10.1. The Kier molecular flexibility index (Phi) is 9.81. The summed E-state index contributed by atoms with van der Waals surface area (Å²) in [6.45, 7) is 6.27.